The number of nitrogens with zero attached hydrogens (tertiary/aromatic N) is 2. The molecule has 0 aliphatic carbocycles. The second-order valence-electron chi connectivity index (χ2n) is 3.24. The van der Waals surface area contributed by atoms with Crippen LogP contribution in [0.15, 0.2) is 6.20 Å². The van der Waals surface area contributed by atoms with Crippen LogP contribution in [-0.4, -0.2) is 25.2 Å². The molecule has 1 aliphatic rings. The topological polar surface area (TPSA) is 25.4 Å². The molecule has 1 aromatic heterocycles. The van der Waals surface area contributed by atoms with E-state index in [-0.39, 0.29) is 0 Å². The number of ether oxygens (including phenoxy) is 1. The fourth-order valence-electron chi connectivity index (χ4n) is 1.56. The van der Waals surface area contributed by atoms with Gasteiger partial charge < -0.3 is 9.64 Å². The van der Waals surface area contributed by atoms with Crippen LogP contribution in [0.4, 0.5) is 5.13 Å². The molecule has 1 aliphatic heterocycles. The molecule has 72 valence electrons. The lowest BCUT2D eigenvalue weighted by Gasteiger charge is -2.11. The highest BCUT2D eigenvalue weighted by Crippen LogP contribution is 2.25. The van der Waals surface area contributed by atoms with Crippen LogP contribution in [0, 0.1) is 0 Å². The lowest BCUT2D eigenvalue weighted by atomic mass is 10.4. The molecular weight excluding hydrogens is 184 g/mol. The lowest BCUT2D eigenvalue weighted by molar-refractivity contribution is 0.187. The van der Waals surface area contributed by atoms with Crippen LogP contribution in [0.25, 0.3) is 0 Å². The standard InChI is InChI=1S/C9H14N2OS/c1-12-7-8-6-10-9(13-8)11-4-2-3-5-11/h6H,2-5,7H2,1H3. The lowest BCUT2D eigenvalue weighted by Crippen LogP contribution is -2.16. The summed E-state index contributed by atoms with van der Waals surface area (Å²) in [5, 5.41) is 1.16. The molecule has 4 heteroatoms. The summed E-state index contributed by atoms with van der Waals surface area (Å²) in [5.74, 6) is 0. The van der Waals surface area contributed by atoms with Gasteiger partial charge in [0.05, 0.1) is 11.5 Å². The van der Waals surface area contributed by atoms with E-state index in [1.165, 1.54) is 30.8 Å². The van der Waals surface area contributed by atoms with Crippen LogP contribution in [0.5, 0.6) is 0 Å². The van der Waals surface area contributed by atoms with Gasteiger partial charge in [-0.3, -0.25) is 0 Å². The predicted molar refractivity (Wildman–Crippen MR) is 54.3 cm³/mol. The Hall–Kier alpha value is -0.610. The summed E-state index contributed by atoms with van der Waals surface area (Å²) in [5.41, 5.74) is 0. The molecule has 0 aromatic carbocycles. The zero-order chi connectivity index (χ0) is 9.10. The minimum absolute atomic E-state index is 0.686. The van der Waals surface area contributed by atoms with Crippen molar-refractivity contribution < 1.29 is 4.74 Å². The first-order chi connectivity index (χ1) is 6.40. The summed E-state index contributed by atoms with van der Waals surface area (Å²) >= 11 is 1.74. The molecule has 1 fully saturated rings. The van der Waals surface area contributed by atoms with Crippen molar-refractivity contribution in [2.45, 2.75) is 19.4 Å². The second-order valence-corrected chi connectivity index (χ2v) is 4.33. The Morgan fingerprint density at radius 3 is 3.00 bits per heavy atom. The third-order valence-electron chi connectivity index (χ3n) is 2.20. The Kier molecular flexibility index (Phi) is 2.80. The highest BCUT2D eigenvalue weighted by molar-refractivity contribution is 7.15. The molecule has 0 spiro atoms. The molecule has 1 saturated heterocycles. The third kappa shape index (κ3) is 2.00. The van der Waals surface area contributed by atoms with Crippen LogP contribution in [0.2, 0.25) is 0 Å². The van der Waals surface area contributed by atoms with E-state index in [0.717, 1.165) is 5.13 Å². The molecule has 0 atom stereocenters. The van der Waals surface area contributed by atoms with E-state index in [1.54, 1.807) is 18.4 Å². The highest BCUT2D eigenvalue weighted by atomic mass is 32.1. The van der Waals surface area contributed by atoms with Crippen LogP contribution in [-0.2, 0) is 11.3 Å². The van der Waals surface area contributed by atoms with Crippen molar-refractivity contribution in [1.29, 1.82) is 0 Å². The SMILES string of the molecule is COCc1cnc(N2CCCC2)s1. The van der Waals surface area contributed by atoms with Gasteiger partial charge in [0, 0.05) is 26.4 Å². The Balaban J connectivity index is 2.03. The summed E-state index contributed by atoms with van der Waals surface area (Å²) in [6.45, 7) is 3.02. The quantitative estimate of drug-likeness (QED) is 0.741. The van der Waals surface area contributed by atoms with Crippen LogP contribution in [0.3, 0.4) is 0 Å². The normalized spacial score (nSPS) is 16.8. The highest BCUT2D eigenvalue weighted by Gasteiger charge is 2.15. The number of rotatable bonds is 3. The van der Waals surface area contributed by atoms with Crippen molar-refractivity contribution in [3.8, 4) is 0 Å². The first-order valence-corrected chi connectivity index (χ1v) is 5.40. The first kappa shape index (κ1) is 8.97. The Morgan fingerprint density at radius 1 is 1.54 bits per heavy atom. The molecular formula is C9H14N2OS. The maximum Gasteiger partial charge on any atom is 0.185 e. The van der Waals surface area contributed by atoms with Gasteiger partial charge in [0.2, 0.25) is 0 Å². The zero-order valence-corrected chi connectivity index (χ0v) is 8.64. The van der Waals surface area contributed by atoms with Crippen LogP contribution in [0.1, 0.15) is 17.7 Å². The van der Waals surface area contributed by atoms with E-state index < -0.39 is 0 Å². The molecule has 0 bridgehead atoms. The number of hydrogen-bond acceptors (Lipinski definition) is 4. The summed E-state index contributed by atoms with van der Waals surface area (Å²) in [6, 6.07) is 0. The molecule has 0 saturated carbocycles. The molecule has 0 radical (unpaired) electrons. The van der Waals surface area contributed by atoms with E-state index in [9.17, 15) is 0 Å². The Bertz CT molecular complexity index is 268. The van der Waals surface area contributed by atoms with Crippen molar-refractivity contribution in [1.82, 2.24) is 4.98 Å². The second kappa shape index (κ2) is 4.07. The van der Waals surface area contributed by atoms with E-state index in [2.05, 4.69) is 9.88 Å². The van der Waals surface area contributed by atoms with Crippen LogP contribution < -0.4 is 4.90 Å². The predicted octanol–water partition coefficient (Wildman–Crippen LogP) is 1.89. The maximum atomic E-state index is 5.06. The number of thiazole rings is 1. The smallest absolute Gasteiger partial charge is 0.185 e. The minimum atomic E-state index is 0.686. The van der Waals surface area contributed by atoms with Crippen molar-refractivity contribution in [3.63, 3.8) is 0 Å². The molecule has 2 rings (SSSR count). The van der Waals surface area contributed by atoms with Gasteiger partial charge in [0.15, 0.2) is 5.13 Å². The number of anilines is 1. The van der Waals surface area contributed by atoms with E-state index >= 15 is 0 Å². The molecule has 3 nitrogen and oxygen atoms in total. The molecule has 0 N–H and O–H groups in total. The van der Waals surface area contributed by atoms with Gasteiger partial charge in [-0.2, -0.15) is 0 Å². The molecule has 1 aromatic rings. The van der Waals surface area contributed by atoms with Gasteiger partial charge >= 0.3 is 0 Å². The average molecular weight is 198 g/mol. The molecule has 0 amide bonds. The monoisotopic (exact) mass is 198 g/mol. The fraction of sp³-hybridized carbons (Fsp3) is 0.667. The summed E-state index contributed by atoms with van der Waals surface area (Å²) in [4.78, 5) is 7.94. The number of aromatic nitrogens is 1. The van der Waals surface area contributed by atoms with Gasteiger partial charge in [-0.1, -0.05) is 11.3 Å². The van der Waals surface area contributed by atoms with Gasteiger partial charge in [0.1, 0.15) is 0 Å². The third-order valence-corrected chi connectivity index (χ3v) is 3.24. The largest absolute Gasteiger partial charge is 0.379 e. The molecule has 13 heavy (non-hydrogen) atoms. The average Bonchev–Trinajstić information content (AvgIpc) is 2.70. The summed E-state index contributed by atoms with van der Waals surface area (Å²) in [7, 11) is 1.72. The maximum absolute atomic E-state index is 5.06. The van der Waals surface area contributed by atoms with Crippen molar-refractivity contribution in [3.05, 3.63) is 11.1 Å². The van der Waals surface area contributed by atoms with Crippen LogP contribution >= 0.6 is 11.3 Å². The summed E-state index contributed by atoms with van der Waals surface area (Å²) < 4.78 is 5.06. The van der Waals surface area contributed by atoms with Gasteiger partial charge in [0.25, 0.3) is 0 Å². The van der Waals surface area contributed by atoms with Crippen molar-refractivity contribution >= 4 is 16.5 Å². The first-order valence-electron chi connectivity index (χ1n) is 4.59. The minimum Gasteiger partial charge on any atom is -0.379 e. The Morgan fingerprint density at radius 2 is 2.31 bits per heavy atom. The zero-order valence-electron chi connectivity index (χ0n) is 7.82. The molecule has 0 unspecified atom stereocenters. The van der Waals surface area contributed by atoms with E-state index in [0.29, 0.717) is 6.61 Å². The Labute approximate surface area is 82.3 Å². The van der Waals surface area contributed by atoms with Crippen molar-refractivity contribution in [2.24, 2.45) is 0 Å². The van der Waals surface area contributed by atoms with E-state index in [1.807, 2.05) is 6.20 Å². The number of methoxy groups -OCH3 is 1. The fourth-order valence-corrected chi connectivity index (χ4v) is 2.49. The summed E-state index contributed by atoms with van der Waals surface area (Å²) in [6.07, 6.45) is 4.53. The van der Waals surface area contributed by atoms with Gasteiger partial charge in [-0.15, -0.1) is 0 Å². The van der Waals surface area contributed by atoms with E-state index in [4.69, 9.17) is 4.74 Å². The van der Waals surface area contributed by atoms with Gasteiger partial charge in [-0.05, 0) is 12.8 Å². The number of hydrogen-bond donors (Lipinski definition) is 0. The molecule has 2 heterocycles. The van der Waals surface area contributed by atoms with Gasteiger partial charge in [-0.25, -0.2) is 4.98 Å². The van der Waals surface area contributed by atoms with Crippen molar-refractivity contribution in [2.75, 3.05) is 25.1 Å².